The second kappa shape index (κ2) is 7.20. The van der Waals surface area contributed by atoms with Crippen LogP contribution in [0.15, 0.2) is 36.4 Å². The van der Waals surface area contributed by atoms with Gasteiger partial charge in [0.2, 0.25) is 0 Å². The summed E-state index contributed by atoms with van der Waals surface area (Å²) in [4.78, 5) is 0. The molecule has 0 aromatic heterocycles. The number of para-hydroxylation sites is 1. The lowest BCUT2D eigenvalue weighted by molar-refractivity contribution is 0.292. The SMILES string of the molecule is CC(C)(C)/C=C/CCCCOc1ccccc1F. The summed E-state index contributed by atoms with van der Waals surface area (Å²) in [6.45, 7) is 7.13. The van der Waals surface area contributed by atoms with E-state index in [2.05, 4.69) is 32.9 Å². The zero-order chi connectivity index (χ0) is 13.4. The average molecular weight is 250 g/mol. The van der Waals surface area contributed by atoms with Gasteiger partial charge in [0.1, 0.15) is 0 Å². The van der Waals surface area contributed by atoms with Gasteiger partial charge in [-0.05, 0) is 36.8 Å². The van der Waals surface area contributed by atoms with E-state index in [1.54, 1.807) is 18.2 Å². The Balaban J connectivity index is 2.13. The molecule has 0 heterocycles. The van der Waals surface area contributed by atoms with Crippen molar-refractivity contribution in [1.29, 1.82) is 0 Å². The lowest BCUT2D eigenvalue weighted by Crippen LogP contribution is -1.99. The first-order valence-electron chi connectivity index (χ1n) is 6.54. The number of hydrogen-bond acceptors (Lipinski definition) is 1. The van der Waals surface area contributed by atoms with Crippen LogP contribution in [0.4, 0.5) is 4.39 Å². The van der Waals surface area contributed by atoms with Crippen LogP contribution in [0.5, 0.6) is 5.75 Å². The molecule has 0 radical (unpaired) electrons. The van der Waals surface area contributed by atoms with Crippen LogP contribution >= 0.6 is 0 Å². The van der Waals surface area contributed by atoms with Crippen molar-refractivity contribution in [3.05, 3.63) is 42.2 Å². The van der Waals surface area contributed by atoms with Gasteiger partial charge >= 0.3 is 0 Å². The van der Waals surface area contributed by atoms with Gasteiger partial charge in [0.15, 0.2) is 11.6 Å². The Hall–Kier alpha value is -1.31. The number of benzene rings is 1. The maximum atomic E-state index is 13.2. The van der Waals surface area contributed by atoms with Gasteiger partial charge in [-0.3, -0.25) is 0 Å². The maximum absolute atomic E-state index is 13.2. The highest BCUT2D eigenvalue weighted by molar-refractivity contribution is 5.23. The molecule has 0 N–H and O–H groups in total. The average Bonchev–Trinajstić information content (AvgIpc) is 2.28. The standard InChI is InChI=1S/C16H23FO/c1-16(2,3)12-8-4-5-9-13-18-15-11-7-6-10-14(15)17/h6-8,10-12H,4-5,9,13H2,1-3H3/b12-8+. The van der Waals surface area contributed by atoms with Crippen molar-refractivity contribution >= 4 is 0 Å². The Morgan fingerprint density at radius 2 is 1.89 bits per heavy atom. The van der Waals surface area contributed by atoms with Gasteiger partial charge in [0, 0.05) is 0 Å². The molecule has 0 saturated heterocycles. The first-order valence-corrected chi connectivity index (χ1v) is 6.54. The Morgan fingerprint density at radius 3 is 2.56 bits per heavy atom. The second-order valence-corrected chi connectivity index (χ2v) is 5.54. The van der Waals surface area contributed by atoms with Gasteiger partial charge in [-0.15, -0.1) is 0 Å². The number of unbranched alkanes of at least 4 members (excludes halogenated alkanes) is 2. The largest absolute Gasteiger partial charge is 0.491 e. The molecule has 0 atom stereocenters. The van der Waals surface area contributed by atoms with Crippen LogP contribution in [0.25, 0.3) is 0 Å². The van der Waals surface area contributed by atoms with Crippen LogP contribution in [0, 0.1) is 11.2 Å². The number of allylic oxidation sites excluding steroid dienone is 2. The third-order valence-electron chi connectivity index (χ3n) is 2.48. The lowest BCUT2D eigenvalue weighted by atomic mass is 9.96. The van der Waals surface area contributed by atoms with E-state index in [4.69, 9.17) is 4.74 Å². The van der Waals surface area contributed by atoms with Crippen molar-refractivity contribution in [3.8, 4) is 5.75 Å². The maximum Gasteiger partial charge on any atom is 0.165 e. The van der Waals surface area contributed by atoms with Crippen LogP contribution in [0.3, 0.4) is 0 Å². The van der Waals surface area contributed by atoms with Crippen LogP contribution in [-0.2, 0) is 0 Å². The molecule has 1 aromatic carbocycles. The number of rotatable bonds is 6. The summed E-state index contributed by atoms with van der Waals surface area (Å²) < 4.78 is 18.6. The number of halogens is 1. The van der Waals surface area contributed by atoms with E-state index in [1.807, 2.05) is 0 Å². The Kier molecular flexibility index (Phi) is 5.90. The molecule has 1 rings (SSSR count). The van der Waals surface area contributed by atoms with E-state index in [0.29, 0.717) is 12.4 Å². The summed E-state index contributed by atoms with van der Waals surface area (Å²) in [6, 6.07) is 6.53. The molecule has 0 aliphatic heterocycles. The lowest BCUT2D eigenvalue weighted by Gasteiger charge is -2.11. The van der Waals surface area contributed by atoms with Crippen molar-refractivity contribution in [2.45, 2.75) is 40.0 Å². The van der Waals surface area contributed by atoms with E-state index < -0.39 is 0 Å². The van der Waals surface area contributed by atoms with E-state index in [-0.39, 0.29) is 11.2 Å². The van der Waals surface area contributed by atoms with Gasteiger partial charge in [-0.1, -0.05) is 45.1 Å². The molecule has 100 valence electrons. The summed E-state index contributed by atoms with van der Waals surface area (Å²) >= 11 is 0. The van der Waals surface area contributed by atoms with Crippen LogP contribution in [0.1, 0.15) is 40.0 Å². The predicted octanol–water partition coefficient (Wildman–Crippen LogP) is 4.98. The van der Waals surface area contributed by atoms with E-state index >= 15 is 0 Å². The smallest absolute Gasteiger partial charge is 0.165 e. The van der Waals surface area contributed by atoms with Crippen molar-refractivity contribution in [3.63, 3.8) is 0 Å². The second-order valence-electron chi connectivity index (χ2n) is 5.54. The van der Waals surface area contributed by atoms with Crippen molar-refractivity contribution < 1.29 is 9.13 Å². The fourth-order valence-electron chi connectivity index (χ4n) is 1.55. The summed E-state index contributed by atoms with van der Waals surface area (Å²) in [5.41, 5.74) is 0.254. The summed E-state index contributed by atoms with van der Waals surface area (Å²) in [5.74, 6) is 0.0628. The van der Waals surface area contributed by atoms with Gasteiger partial charge in [0.05, 0.1) is 6.61 Å². The molecule has 1 nitrogen and oxygen atoms in total. The molecule has 2 heteroatoms. The highest BCUT2D eigenvalue weighted by atomic mass is 19.1. The third kappa shape index (κ3) is 6.43. The molecule has 0 unspecified atom stereocenters. The first kappa shape index (κ1) is 14.7. The Morgan fingerprint density at radius 1 is 1.17 bits per heavy atom. The fourth-order valence-corrected chi connectivity index (χ4v) is 1.55. The van der Waals surface area contributed by atoms with E-state index in [1.165, 1.54) is 6.07 Å². The van der Waals surface area contributed by atoms with Crippen molar-refractivity contribution in [2.24, 2.45) is 5.41 Å². The molecule has 1 aromatic rings. The predicted molar refractivity (Wildman–Crippen MR) is 74.3 cm³/mol. The minimum atomic E-state index is -0.287. The molecular formula is C16H23FO. The molecule has 0 bridgehead atoms. The minimum absolute atomic E-state index is 0.254. The van der Waals surface area contributed by atoms with Crippen LogP contribution in [-0.4, -0.2) is 6.61 Å². The van der Waals surface area contributed by atoms with Gasteiger partial charge < -0.3 is 4.74 Å². The molecule has 0 aliphatic carbocycles. The molecule has 0 aliphatic rings. The van der Waals surface area contributed by atoms with Crippen LogP contribution in [0.2, 0.25) is 0 Å². The normalized spacial score (nSPS) is 12.0. The molecule has 0 saturated carbocycles. The van der Waals surface area contributed by atoms with Crippen LogP contribution < -0.4 is 4.74 Å². The fraction of sp³-hybridized carbons (Fsp3) is 0.500. The molecule has 0 spiro atoms. The Labute approximate surface area is 110 Å². The van der Waals surface area contributed by atoms with Gasteiger partial charge in [0.25, 0.3) is 0 Å². The zero-order valence-electron chi connectivity index (χ0n) is 11.6. The van der Waals surface area contributed by atoms with Crippen molar-refractivity contribution in [2.75, 3.05) is 6.61 Å². The summed E-state index contributed by atoms with van der Waals surface area (Å²) in [7, 11) is 0. The summed E-state index contributed by atoms with van der Waals surface area (Å²) in [6.07, 6.45) is 7.51. The highest BCUT2D eigenvalue weighted by Gasteiger charge is 2.03. The minimum Gasteiger partial charge on any atom is -0.491 e. The number of hydrogen-bond donors (Lipinski definition) is 0. The molecule has 0 fully saturated rings. The third-order valence-corrected chi connectivity index (χ3v) is 2.48. The van der Waals surface area contributed by atoms with Gasteiger partial charge in [-0.25, -0.2) is 4.39 Å². The Bertz CT molecular complexity index is 377. The highest BCUT2D eigenvalue weighted by Crippen LogP contribution is 2.17. The van der Waals surface area contributed by atoms with E-state index in [9.17, 15) is 4.39 Å². The summed E-state index contributed by atoms with van der Waals surface area (Å²) in [5, 5.41) is 0. The van der Waals surface area contributed by atoms with Crippen molar-refractivity contribution in [1.82, 2.24) is 0 Å². The quantitative estimate of drug-likeness (QED) is 0.511. The first-order chi connectivity index (χ1) is 8.49. The van der Waals surface area contributed by atoms with Gasteiger partial charge in [-0.2, -0.15) is 0 Å². The number of ether oxygens (including phenoxy) is 1. The molecule has 18 heavy (non-hydrogen) atoms. The zero-order valence-corrected chi connectivity index (χ0v) is 11.6. The van der Waals surface area contributed by atoms with E-state index in [0.717, 1.165) is 19.3 Å². The monoisotopic (exact) mass is 250 g/mol. The molecule has 0 amide bonds. The topological polar surface area (TPSA) is 9.23 Å². The molecular weight excluding hydrogens is 227 g/mol.